The maximum Gasteiger partial charge on any atom is 0.326 e. The predicted octanol–water partition coefficient (Wildman–Crippen LogP) is -12.2. The molecule has 3 heterocycles. The number of aromatic amines is 2. The second kappa shape index (κ2) is 56.6. The van der Waals surface area contributed by atoms with Crippen LogP contribution in [0.1, 0.15) is 143 Å². The van der Waals surface area contributed by atoms with Crippen LogP contribution in [0.15, 0.2) is 73.3 Å². The molecule has 4 aromatic rings. The van der Waals surface area contributed by atoms with Crippen LogP contribution in [-0.4, -0.2) is 339 Å². The number of likely N-dealkylation sites (tertiary alicyclic amines) is 1. The van der Waals surface area contributed by atoms with Crippen molar-refractivity contribution in [3.05, 3.63) is 90.1 Å². The lowest BCUT2D eigenvalue weighted by atomic mass is 10.0. The molecule has 22 atom stereocenters. The van der Waals surface area contributed by atoms with Crippen LogP contribution in [0.5, 0.6) is 0 Å². The number of hydrogen-bond donors (Lipinski definition) is 30. The number of aliphatic hydroxyl groups is 6. The number of rotatable bonds is 59. The van der Waals surface area contributed by atoms with Gasteiger partial charge in [0, 0.05) is 55.5 Å². The molecule has 20 amide bonds. The maximum absolute atomic E-state index is 15.0. The van der Waals surface area contributed by atoms with Gasteiger partial charge in [-0.1, -0.05) is 62.4 Å². The summed E-state index contributed by atoms with van der Waals surface area (Å²) in [6.45, 7) is 9.20. The Balaban J connectivity index is 1.31. The summed E-state index contributed by atoms with van der Waals surface area (Å²) in [4.78, 5) is 298. The number of fused-ring (bicyclic) bond motifs is 1. The molecule has 2 aromatic carbocycles. The van der Waals surface area contributed by atoms with Gasteiger partial charge >= 0.3 is 5.97 Å². The molecule has 140 heavy (non-hydrogen) atoms. The SMILES string of the molecule is CC(C)C[C@H](NC(=O)[C@H](C)NC(=O)[C@@H](NC(=O)[C@H](Cc1ccccc1)NC(=O)[C@H](Cc1c[nH]c2ccccc12)NC(=O)[C@H](CO)NC(=O)[C@H](C)NC(=O)[C@@H](NC(=O)[C@H](CC(N)=O)NC(=O)[C@H](CC(N)=O)NC(=O)[C@@H]1CCCN1C(=O)[C@@H](NC(=O)[C@@H](N)[C@@H](C)O)[C@@H](C)O)[C@@H](C)O)[C@@H](C)O)C(=O)N[C@H](C(=O)N[C@@H](CCC(N)=O)C(=O)N[C@@H](Cc1c[nH]cn1)C(=O)NCC(=O)N[C@@H](CCCCN)C(=O)O)[C@@H](C)O. The van der Waals surface area contributed by atoms with E-state index in [1.807, 2.05) is 0 Å². The number of nitrogens with two attached hydrogens (primary N) is 5. The molecule has 35 N–H and O–H groups in total. The van der Waals surface area contributed by atoms with Crippen molar-refractivity contribution < 1.29 is 136 Å². The quantitative estimate of drug-likeness (QED) is 0.0183. The van der Waals surface area contributed by atoms with Gasteiger partial charge in [0.1, 0.15) is 103 Å². The number of imidazole rings is 1. The Labute approximate surface area is 803 Å². The Morgan fingerprint density at radius 2 is 0.907 bits per heavy atom. The van der Waals surface area contributed by atoms with Crippen LogP contribution >= 0.6 is 0 Å². The van der Waals surface area contributed by atoms with Gasteiger partial charge in [0.2, 0.25) is 118 Å². The van der Waals surface area contributed by atoms with Crippen LogP contribution in [0.25, 0.3) is 10.9 Å². The number of benzene rings is 2. The molecule has 0 spiro atoms. The number of aromatic nitrogens is 3. The zero-order chi connectivity index (χ0) is 105. The normalized spacial score (nSPS) is 16.9. The van der Waals surface area contributed by atoms with E-state index >= 15 is 4.79 Å². The van der Waals surface area contributed by atoms with Crippen molar-refractivity contribution in [2.75, 3.05) is 26.2 Å². The topological polar surface area (TPSA) is 870 Å². The van der Waals surface area contributed by atoms with E-state index in [9.17, 15) is 132 Å². The standard InChI is InChI=1S/C87H131N25O28/c1-39(2)28-54(77(129)110-69(45(8)117)85(137)100-52(24-25-62(89)119)74(126)104-57(31-49-35-93-38-96-49)73(125)95-36-65(122)99-53(87(139)140)22-15-16-26-88)101-71(123)40(3)97-83(135)67(43(6)115)108-78(130)55(29-47-18-11-10-12-19-47)102-75(127)56(30-48-34-94-51-21-14-13-20-50(48)51)103-80(132)60(37-113)107-72(124)41(4)98-84(136)68(44(7)116)109-79(131)59(33-64(91)121)105-76(128)58(32-63(90)120)106-81(133)61-23-17-27-112(61)86(138)70(46(9)118)111-82(134)66(92)42(5)114/h10-14,18-21,34-35,38-46,52-61,66-70,94,113-118H,15-17,22-33,36-37,88,92H2,1-9H3,(H2,89,119)(H2,90,120)(H2,91,121)(H,93,96)(H,95,125)(H,97,135)(H,98,136)(H,99,122)(H,100,137)(H,101,123)(H,102,127)(H,103,132)(H,104,126)(H,105,128)(H,106,133)(H,107,124)(H,108,130)(H,109,131)(H,110,129)(H,111,134)(H,139,140)/t40-,41-,42+,43+,44+,45+,46+,52-,53-,54-,55-,56-,57-,58-,59-,60-,61-,66-,67-,68-,69-,70-/m0/s1. The van der Waals surface area contributed by atoms with Gasteiger partial charge in [0.15, 0.2) is 0 Å². The molecule has 0 bridgehead atoms. The first-order chi connectivity index (χ1) is 65.9. The number of nitrogens with one attached hydrogen (secondary N) is 18. The second-order valence-corrected chi connectivity index (χ2v) is 34.5. The average molecular weight is 1980 g/mol. The first-order valence-corrected chi connectivity index (χ1v) is 45.1. The lowest BCUT2D eigenvalue weighted by Gasteiger charge is -2.31. The fourth-order valence-corrected chi connectivity index (χ4v) is 14.4. The number of aliphatic hydroxyl groups excluding tert-OH is 6. The molecule has 0 radical (unpaired) electrons. The molecular formula is C87H131N25O28. The van der Waals surface area contributed by atoms with Gasteiger partial charge in [-0.25, -0.2) is 9.78 Å². The van der Waals surface area contributed by atoms with Gasteiger partial charge in [-0.2, -0.15) is 0 Å². The molecule has 53 nitrogen and oxygen atoms in total. The van der Waals surface area contributed by atoms with Gasteiger partial charge in [0.25, 0.3) is 0 Å². The minimum atomic E-state index is -2.07. The molecule has 2 aromatic heterocycles. The molecular weight excluding hydrogens is 1840 g/mol. The predicted molar refractivity (Wildman–Crippen MR) is 492 cm³/mol. The number of hydrogen-bond acceptors (Lipinski definition) is 30. The number of amides is 20. The van der Waals surface area contributed by atoms with Crippen LogP contribution < -0.4 is 114 Å². The zero-order valence-corrected chi connectivity index (χ0v) is 78.7. The number of primary amides is 3. The number of nitrogens with zero attached hydrogens (tertiary/aromatic N) is 2. The highest BCUT2D eigenvalue weighted by Crippen LogP contribution is 2.23. The number of aliphatic carboxylic acids is 1. The Hall–Kier alpha value is -14.3. The van der Waals surface area contributed by atoms with E-state index in [0.717, 1.165) is 46.4 Å². The minimum Gasteiger partial charge on any atom is -0.480 e. The Bertz CT molecular complexity index is 4980. The number of carbonyl (C=O) groups excluding carboxylic acids is 20. The summed E-state index contributed by atoms with van der Waals surface area (Å²) in [6.07, 6.45) is -7.69. The van der Waals surface area contributed by atoms with Gasteiger partial charge in [-0.15, -0.1) is 0 Å². The van der Waals surface area contributed by atoms with E-state index < -0.39 is 309 Å². The third-order valence-corrected chi connectivity index (χ3v) is 22.2. The van der Waals surface area contributed by atoms with Gasteiger partial charge in [-0.05, 0) is 123 Å². The molecule has 0 saturated carbocycles. The van der Waals surface area contributed by atoms with Crippen LogP contribution in [0.4, 0.5) is 0 Å². The van der Waals surface area contributed by atoms with E-state index in [2.05, 4.69) is 100 Å². The molecule has 1 aliphatic rings. The van der Waals surface area contributed by atoms with E-state index in [0.29, 0.717) is 34.9 Å². The molecule has 772 valence electrons. The first kappa shape index (κ1) is 116. The maximum atomic E-state index is 15.0. The summed E-state index contributed by atoms with van der Waals surface area (Å²) in [5, 5.41) is 112. The summed E-state index contributed by atoms with van der Waals surface area (Å²) in [5.74, 6) is -24.8. The van der Waals surface area contributed by atoms with Crippen molar-refractivity contribution in [2.24, 2.45) is 34.6 Å². The van der Waals surface area contributed by atoms with Crippen molar-refractivity contribution >= 4 is 135 Å². The second-order valence-electron chi connectivity index (χ2n) is 34.5. The monoisotopic (exact) mass is 1970 g/mol. The smallest absolute Gasteiger partial charge is 0.326 e. The van der Waals surface area contributed by atoms with Crippen molar-refractivity contribution in [2.45, 2.75) is 279 Å². The van der Waals surface area contributed by atoms with Crippen LogP contribution in [0.2, 0.25) is 0 Å². The fraction of sp³-hybridized carbons (Fsp3) is 0.563. The highest BCUT2D eigenvalue weighted by atomic mass is 16.4. The summed E-state index contributed by atoms with van der Waals surface area (Å²) in [6, 6.07) is -15.0. The number of H-pyrrole nitrogens is 2. The fourth-order valence-electron chi connectivity index (χ4n) is 14.4. The third kappa shape index (κ3) is 37.2. The van der Waals surface area contributed by atoms with Gasteiger partial charge in [0.05, 0.1) is 68.5 Å². The minimum absolute atomic E-state index is 0.0255. The highest BCUT2D eigenvalue weighted by Gasteiger charge is 2.44. The summed E-state index contributed by atoms with van der Waals surface area (Å²) in [7, 11) is 0. The summed E-state index contributed by atoms with van der Waals surface area (Å²) >= 11 is 0. The molecule has 1 saturated heterocycles. The van der Waals surface area contributed by atoms with Crippen LogP contribution in [-0.2, 0) is 120 Å². The van der Waals surface area contributed by atoms with Gasteiger partial charge in [-0.3, -0.25) is 95.9 Å². The molecule has 0 unspecified atom stereocenters. The molecule has 5 rings (SSSR count). The van der Waals surface area contributed by atoms with Crippen molar-refractivity contribution in [3.8, 4) is 0 Å². The van der Waals surface area contributed by atoms with E-state index in [1.54, 1.807) is 68.4 Å². The molecule has 0 aliphatic carbocycles. The lowest BCUT2D eigenvalue weighted by molar-refractivity contribution is -0.145. The average Bonchev–Trinajstić information content (AvgIpc) is 1.67. The van der Waals surface area contributed by atoms with Gasteiger partial charge < -0.3 is 164 Å². The van der Waals surface area contributed by atoms with E-state index in [4.69, 9.17) is 28.7 Å². The zero-order valence-electron chi connectivity index (χ0n) is 78.7. The number of carboxylic acids is 1. The van der Waals surface area contributed by atoms with E-state index in [-0.39, 0.29) is 57.3 Å². The first-order valence-electron chi connectivity index (χ1n) is 45.1. The highest BCUT2D eigenvalue weighted by molar-refractivity contribution is 6.03. The van der Waals surface area contributed by atoms with Crippen molar-refractivity contribution in [1.29, 1.82) is 0 Å². The molecule has 1 fully saturated rings. The Kier molecular flexibility index (Phi) is 47.0. The van der Waals surface area contributed by atoms with Crippen LogP contribution in [0.3, 0.4) is 0 Å². The number of carboxylic acid groups (broad SMARTS) is 1. The van der Waals surface area contributed by atoms with Crippen molar-refractivity contribution in [3.63, 3.8) is 0 Å². The van der Waals surface area contributed by atoms with Crippen molar-refractivity contribution in [1.82, 2.24) is 105 Å². The Morgan fingerprint density at radius 3 is 1.41 bits per heavy atom. The summed E-state index contributed by atoms with van der Waals surface area (Å²) < 4.78 is 0. The number of para-hydroxylation sites is 1. The lowest BCUT2D eigenvalue weighted by Crippen LogP contribution is -2.63. The van der Waals surface area contributed by atoms with E-state index in [1.165, 1.54) is 25.6 Å². The molecule has 53 heteroatoms. The third-order valence-electron chi connectivity index (χ3n) is 22.2. The molecule has 1 aliphatic heterocycles. The number of carbonyl (C=O) groups is 21. The number of unbranched alkanes of at least 4 members (excludes halogenated alkanes) is 1. The Morgan fingerprint density at radius 1 is 0.450 bits per heavy atom. The largest absolute Gasteiger partial charge is 0.480 e. The van der Waals surface area contributed by atoms with Crippen LogP contribution in [0, 0.1) is 5.92 Å². The summed E-state index contributed by atoms with van der Waals surface area (Å²) in [5.41, 5.74) is 29.1.